The largest absolute Gasteiger partial charge is 0.435 e. The first kappa shape index (κ1) is 25.4. The van der Waals surface area contributed by atoms with Crippen molar-refractivity contribution < 1.29 is 35.5 Å². The van der Waals surface area contributed by atoms with Crippen LogP contribution in [0.3, 0.4) is 0 Å². The number of aryl methyl sites for hydroxylation is 1. The molecule has 36 heavy (non-hydrogen) atoms. The normalized spacial score (nSPS) is 14.9. The van der Waals surface area contributed by atoms with Crippen LogP contribution in [0.4, 0.5) is 23.2 Å². The van der Waals surface area contributed by atoms with E-state index >= 15 is 0 Å². The predicted molar refractivity (Wildman–Crippen MR) is 118 cm³/mol. The van der Waals surface area contributed by atoms with Gasteiger partial charge in [0.2, 0.25) is 5.88 Å². The summed E-state index contributed by atoms with van der Waals surface area (Å²) in [6, 6.07) is 5.18. The van der Waals surface area contributed by atoms with Gasteiger partial charge in [0.05, 0.1) is 16.8 Å². The fraction of sp³-hybridized carbons (Fsp3) is 0.318. The number of nitrogens with one attached hydrogen (secondary N) is 1. The second-order valence-electron chi connectivity index (χ2n) is 8.32. The van der Waals surface area contributed by atoms with Crippen molar-refractivity contribution in [1.82, 2.24) is 20.2 Å². The van der Waals surface area contributed by atoms with Gasteiger partial charge in [-0.05, 0) is 50.5 Å². The van der Waals surface area contributed by atoms with E-state index in [4.69, 9.17) is 4.74 Å². The van der Waals surface area contributed by atoms with Crippen LogP contribution in [0.5, 0.6) is 11.8 Å². The van der Waals surface area contributed by atoms with Crippen LogP contribution in [0.25, 0.3) is 0 Å². The minimum atomic E-state index is -4.92. The number of amides is 1. The summed E-state index contributed by atoms with van der Waals surface area (Å²) in [5.74, 6) is -1.86. The van der Waals surface area contributed by atoms with Crippen molar-refractivity contribution in [2.45, 2.75) is 43.4 Å². The van der Waals surface area contributed by atoms with E-state index < -0.39 is 50.3 Å². The Kier molecular flexibility index (Phi) is 6.19. The highest BCUT2D eigenvalue weighted by Crippen LogP contribution is 2.48. The number of hydrogen-bond acceptors (Lipinski definition) is 8. The molecule has 1 N–H and O–H groups in total. The van der Waals surface area contributed by atoms with Crippen molar-refractivity contribution in [2.75, 3.05) is 11.6 Å². The Balaban J connectivity index is 1.73. The molecule has 0 unspecified atom stereocenters. The summed E-state index contributed by atoms with van der Waals surface area (Å²) < 4.78 is 83.9. The first-order valence-corrected chi connectivity index (χ1v) is 12.3. The van der Waals surface area contributed by atoms with Crippen molar-refractivity contribution >= 4 is 21.4 Å². The third kappa shape index (κ3) is 5.12. The Morgan fingerprint density at radius 2 is 1.83 bits per heavy atom. The molecule has 1 fully saturated rings. The molecule has 1 aliphatic rings. The van der Waals surface area contributed by atoms with Crippen LogP contribution in [0.2, 0.25) is 0 Å². The molecule has 1 saturated carbocycles. The van der Waals surface area contributed by atoms with Gasteiger partial charge in [-0.1, -0.05) is 6.07 Å². The number of aromatic nitrogens is 4. The van der Waals surface area contributed by atoms with Gasteiger partial charge in [0.1, 0.15) is 11.3 Å². The Morgan fingerprint density at radius 1 is 1.14 bits per heavy atom. The molecule has 3 aromatic rings. The number of rotatable bonds is 6. The SMILES string of the molecule is Cc1nc(C2(F)CC2)cnc1Oc1nnc(C(F)(F)F)c(C)c1C(=O)Nc1cccc(S(C)(=O)=O)c1. The van der Waals surface area contributed by atoms with Gasteiger partial charge in [-0.2, -0.15) is 13.2 Å². The molecule has 0 radical (unpaired) electrons. The van der Waals surface area contributed by atoms with Crippen LogP contribution in [0.15, 0.2) is 35.4 Å². The number of anilines is 1. The van der Waals surface area contributed by atoms with Crippen molar-refractivity contribution in [3.63, 3.8) is 0 Å². The summed E-state index contributed by atoms with van der Waals surface area (Å²) in [5, 5.41) is 8.99. The van der Waals surface area contributed by atoms with Gasteiger partial charge < -0.3 is 10.1 Å². The molecule has 0 aliphatic heterocycles. The third-order valence-corrected chi connectivity index (χ3v) is 6.55. The maximum atomic E-state index is 14.3. The molecule has 2 heterocycles. The molecule has 9 nitrogen and oxygen atoms in total. The van der Waals surface area contributed by atoms with Crippen molar-refractivity contribution in [3.05, 3.63) is 58.7 Å². The zero-order valence-corrected chi connectivity index (χ0v) is 20.0. The molecular formula is C22H19F4N5O4S. The zero-order chi connectivity index (χ0) is 26.5. The molecule has 1 aromatic carbocycles. The van der Waals surface area contributed by atoms with Gasteiger partial charge in [0.15, 0.2) is 21.2 Å². The molecular weight excluding hydrogens is 506 g/mol. The number of carbonyl (C=O) groups excluding carboxylic acids is 1. The first-order chi connectivity index (χ1) is 16.7. The molecule has 2 aromatic heterocycles. The van der Waals surface area contributed by atoms with E-state index in [9.17, 15) is 30.8 Å². The molecule has 4 rings (SSSR count). The monoisotopic (exact) mass is 525 g/mol. The Morgan fingerprint density at radius 3 is 2.42 bits per heavy atom. The van der Waals surface area contributed by atoms with E-state index in [2.05, 4.69) is 25.5 Å². The van der Waals surface area contributed by atoms with Gasteiger partial charge in [-0.15, -0.1) is 10.2 Å². The fourth-order valence-corrected chi connectivity index (χ4v) is 4.02. The summed E-state index contributed by atoms with van der Waals surface area (Å²) in [6.45, 7) is 2.48. The molecule has 0 atom stereocenters. The average Bonchev–Trinajstić information content (AvgIpc) is 3.52. The summed E-state index contributed by atoms with van der Waals surface area (Å²) in [6.07, 6.45) is -2.20. The maximum Gasteiger partial charge on any atom is 0.435 e. The van der Waals surface area contributed by atoms with E-state index in [1.807, 2.05) is 0 Å². The highest BCUT2D eigenvalue weighted by atomic mass is 32.2. The lowest BCUT2D eigenvalue weighted by atomic mass is 10.1. The smallest absolute Gasteiger partial charge is 0.416 e. The number of benzene rings is 1. The number of ether oxygens (including phenoxy) is 1. The highest BCUT2D eigenvalue weighted by molar-refractivity contribution is 7.90. The van der Waals surface area contributed by atoms with Crippen LogP contribution >= 0.6 is 0 Å². The number of carbonyl (C=O) groups is 1. The Labute approximate surface area is 202 Å². The average molecular weight is 525 g/mol. The number of nitrogens with zero attached hydrogens (tertiary/aromatic N) is 4. The third-order valence-electron chi connectivity index (χ3n) is 5.44. The van der Waals surface area contributed by atoms with Crippen LogP contribution in [-0.4, -0.2) is 40.7 Å². The zero-order valence-electron chi connectivity index (χ0n) is 19.1. The van der Waals surface area contributed by atoms with Crippen LogP contribution in [-0.2, 0) is 21.7 Å². The first-order valence-electron chi connectivity index (χ1n) is 10.5. The number of alkyl halides is 4. The fourth-order valence-electron chi connectivity index (χ4n) is 3.35. The second-order valence-corrected chi connectivity index (χ2v) is 10.3. The number of sulfone groups is 1. The van der Waals surface area contributed by atoms with Gasteiger partial charge in [-0.3, -0.25) is 4.79 Å². The number of halogens is 4. The summed E-state index contributed by atoms with van der Waals surface area (Å²) in [5.41, 5.74) is -3.91. The summed E-state index contributed by atoms with van der Waals surface area (Å²) >= 11 is 0. The second kappa shape index (κ2) is 8.76. The van der Waals surface area contributed by atoms with Crippen molar-refractivity contribution in [1.29, 1.82) is 0 Å². The number of hydrogen-bond donors (Lipinski definition) is 1. The van der Waals surface area contributed by atoms with E-state index in [0.717, 1.165) is 25.4 Å². The van der Waals surface area contributed by atoms with Gasteiger partial charge in [0, 0.05) is 11.9 Å². The molecule has 1 aliphatic carbocycles. The predicted octanol–water partition coefficient (Wildman–Crippen LogP) is 4.31. The summed E-state index contributed by atoms with van der Waals surface area (Å²) in [4.78, 5) is 21.1. The molecule has 0 saturated heterocycles. The lowest BCUT2D eigenvalue weighted by Crippen LogP contribution is -2.21. The standard InChI is InChI=1S/C22H19F4N5O4S/c1-11-16(18(32)29-13-5-4-6-14(9-13)36(3,33)34)20(31-30-17(11)22(24,25)26)35-19-12(2)28-15(10-27-19)21(23)7-8-21/h4-6,9-10H,7-8H2,1-3H3,(H,29,32). The minimum absolute atomic E-state index is 0.0108. The Hall–Kier alpha value is -3.68. The van der Waals surface area contributed by atoms with Crippen molar-refractivity contribution in [3.8, 4) is 11.8 Å². The van der Waals surface area contributed by atoms with E-state index in [1.165, 1.54) is 25.1 Å². The van der Waals surface area contributed by atoms with E-state index in [0.29, 0.717) is 12.8 Å². The van der Waals surface area contributed by atoms with Crippen molar-refractivity contribution in [2.24, 2.45) is 0 Å². The van der Waals surface area contributed by atoms with Crippen LogP contribution in [0.1, 0.15) is 45.8 Å². The summed E-state index contributed by atoms with van der Waals surface area (Å²) in [7, 11) is -3.61. The van der Waals surface area contributed by atoms with E-state index in [-0.39, 0.29) is 27.9 Å². The minimum Gasteiger partial charge on any atom is -0.416 e. The van der Waals surface area contributed by atoms with Gasteiger partial charge in [0.25, 0.3) is 11.8 Å². The maximum absolute atomic E-state index is 14.3. The molecule has 1 amide bonds. The topological polar surface area (TPSA) is 124 Å². The lowest BCUT2D eigenvalue weighted by Gasteiger charge is -2.16. The Bertz CT molecular complexity index is 1470. The molecule has 14 heteroatoms. The lowest BCUT2D eigenvalue weighted by molar-refractivity contribution is -0.142. The van der Waals surface area contributed by atoms with E-state index in [1.54, 1.807) is 0 Å². The molecule has 0 spiro atoms. The molecule has 0 bridgehead atoms. The quantitative estimate of drug-likeness (QED) is 0.472. The highest BCUT2D eigenvalue weighted by Gasteiger charge is 2.47. The van der Waals surface area contributed by atoms with Gasteiger partial charge in [-0.25, -0.2) is 22.8 Å². The van der Waals surface area contributed by atoms with Gasteiger partial charge >= 0.3 is 6.18 Å². The molecule has 190 valence electrons. The van der Waals surface area contributed by atoms with Crippen LogP contribution in [0, 0.1) is 13.8 Å². The van der Waals surface area contributed by atoms with Crippen LogP contribution < -0.4 is 10.1 Å².